The molecule has 3 aromatic carbocycles. The number of aryl methyl sites for hydroxylation is 1. The number of carbonyl (C=O) groups excluding carboxylic acids is 3. The van der Waals surface area contributed by atoms with Crippen LogP contribution in [0.15, 0.2) is 72.8 Å². The SMILES string of the molecule is CCC(C)c1ccccc1OC(C)C(=O)NNC(=O)c1ccc(NC(=O)c2cccc(C)c2)cc1. The Labute approximate surface area is 205 Å². The minimum absolute atomic E-state index is 0.234. The number of para-hydroxylation sites is 1. The van der Waals surface area contributed by atoms with E-state index in [-0.39, 0.29) is 5.91 Å². The molecule has 3 aromatic rings. The van der Waals surface area contributed by atoms with Crippen LogP contribution in [0.25, 0.3) is 0 Å². The van der Waals surface area contributed by atoms with Crippen LogP contribution in [0.5, 0.6) is 5.75 Å². The average molecular weight is 474 g/mol. The van der Waals surface area contributed by atoms with Crippen LogP contribution in [-0.2, 0) is 4.79 Å². The second-order valence-corrected chi connectivity index (χ2v) is 8.45. The second-order valence-electron chi connectivity index (χ2n) is 8.45. The first-order valence-electron chi connectivity index (χ1n) is 11.6. The third-order valence-electron chi connectivity index (χ3n) is 5.72. The highest BCUT2D eigenvalue weighted by Gasteiger charge is 2.19. The van der Waals surface area contributed by atoms with Crippen LogP contribution < -0.4 is 20.9 Å². The van der Waals surface area contributed by atoms with E-state index < -0.39 is 17.9 Å². The normalized spacial score (nSPS) is 12.2. The molecule has 7 heteroatoms. The Balaban J connectivity index is 1.53. The van der Waals surface area contributed by atoms with E-state index in [1.165, 1.54) is 0 Å². The number of hydrogen-bond donors (Lipinski definition) is 3. The average Bonchev–Trinajstić information content (AvgIpc) is 2.87. The number of carbonyl (C=O) groups is 3. The van der Waals surface area contributed by atoms with E-state index in [1.807, 2.05) is 43.3 Å². The number of benzene rings is 3. The lowest BCUT2D eigenvalue weighted by atomic mass is 9.98. The van der Waals surface area contributed by atoms with Crippen molar-refractivity contribution in [3.63, 3.8) is 0 Å². The summed E-state index contributed by atoms with van der Waals surface area (Å²) in [6, 6.07) is 21.3. The van der Waals surface area contributed by atoms with Crippen molar-refractivity contribution in [1.29, 1.82) is 0 Å². The maximum atomic E-state index is 12.5. The van der Waals surface area contributed by atoms with Gasteiger partial charge in [-0.15, -0.1) is 0 Å². The summed E-state index contributed by atoms with van der Waals surface area (Å²) in [5, 5.41) is 2.80. The molecule has 0 aromatic heterocycles. The van der Waals surface area contributed by atoms with Crippen LogP contribution in [0.1, 0.15) is 65.0 Å². The van der Waals surface area contributed by atoms with Crippen LogP contribution in [0.4, 0.5) is 5.69 Å². The van der Waals surface area contributed by atoms with E-state index in [0.29, 0.717) is 28.5 Å². The summed E-state index contributed by atoms with van der Waals surface area (Å²) >= 11 is 0. The number of ether oxygens (including phenoxy) is 1. The van der Waals surface area contributed by atoms with Gasteiger partial charge in [-0.05, 0) is 74.2 Å². The number of nitrogens with one attached hydrogen (secondary N) is 3. The van der Waals surface area contributed by atoms with Gasteiger partial charge in [0.05, 0.1) is 0 Å². The largest absolute Gasteiger partial charge is 0.481 e. The predicted octanol–water partition coefficient (Wildman–Crippen LogP) is 4.99. The van der Waals surface area contributed by atoms with Crippen molar-refractivity contribution in [2.75, 3.05) is 5.32 Å². The molecule has 0 spiro atoms. The molecule has 35 heavy (non-hydrogen) atoms. The van der Waals surface area contributed by atoms with Gasteiger partial charge in [-0.3, -0.25) is 25.2 Å². The zero-order valence-corrected chi connectivity index (χ0v) is 20.4. The van der Waals surface area contributed by atoms with E-state index in [4.69, 9.17) is 4.74 Å². The molecule has 0 aliphatic heterocycles. The van der Waals surface area contributed by atoms with Gasteiger partial charge < -0.3 is 10.1 Å². The number of anilines is 1. The summed E-state index contributed by atoms with van der Waals surface area (Å²) in [5.74, 6) is -0.242. The van der Waals surface area contributed by atoms with E-state index in [1.54, 1.807) is 43.3 Å². The fraction of sp³-hybridized carbons (Fsp3) is 0.250. The van der Waals surface area contributed by atoms with Crippen LogP contribution in [-0.4, -0.2) is 23.8 Å². The first kappa shape index (κ1) is 25.5. The lowest BCUT2D eigenvalue weighted by Gasteiger charge is -2.19. The van der Waals surface area contributed by atoms with Gasteiger partial charge in [0.2, 0.25) is 0 Å². The number of hydrogen-bond acceptors (Lipinski definition) is 4. The minimum atomic E-state index is -0.806. The molecule has 0 radical (unpaired) electrons. The molecule has 0 aliphatic carbocycles. The molecule has 0 aliphatic rings. The van der Waals surface area contributed by atoms with Crippen molar-refractivity contribution in [3.8, 4) is 5.75 Å². The Hall–Kier alpha value is -4.13. The Morgan fingerprint density at radius 1 is 0.829 bits per heavy atom. The highest BCUT2D eigenvalue weighted by molar-refractivity contribution is 6.04. The Morgan fingerprint density at radius 3 is 2.23 bits per heavy atom. The maximum Gasteiger partial charge on any atom is 0.279 e. The van der Waals surface area contributed by atoms with Gasteiger partial charge >= 0.3 is 0 Å². The molecular weight excluding hydrogens is 442 g/mol. The topological polar surface area (TPSA) is 96.5 Å². The minimum Gasteiger partial charge on any atom is -0.481 e. The van der Waals surface area contributed by atoms with E-state index >= 15 is 0 Å². The van der Waals surface area contributed by atoms with Gasteiger partial charge in [0.1, 0.15) is 5.75 Å². The molecule has 3 rings (SSSR count). The maximum absolute atomic E-state index is 12.5. The van der Waals surface area contributed by atoms with Crippen LogP contribution in [0.2, 0.25) is 0 Å². The molecule has 0 saturated heterocycles. The van der Waals surface area contributed by atoms with E-state index in [9.17, 15) is 14.4 Å². The molecule has 0 bridgehead atoms. The fourth-order valence-electron chi connectivity index (χ4n) is 3.45. The Bertz CT molecular complexity index is 1190. The highest BCUT2D eigenvalue weighted by Crippen LogP contribution is 2.29. The molecule has 0 saturated carbocycles. The summed E-state index contributed by atoms with van der Waals surface area (Å²) in [7, 11) is 0. The zero-order valence-electron chi connectivity index (χ0n) is 20.4. The molecule has 7 nitrogen and oxygen atoms in total. The van der Waals surface area contributed by atoms with Gasteiger partial charge in [0.15, 0.2) is 6.10 Å². The fourth-order valence-corrected chi connectivity index (χ4v) is 3.45. The second kappa shape index (κ2) is 11.8. The third kappa shape index (κ3) is 6.93. The summed E-state index contributed by atoms with van der Waals surface area (Å²) in [4.78, 5) is 37.3. The van der Waals surface area contributed by atoms with Gasteiger partial charge in [0.25, 0.3) is 17.7 Å². The number of rotatable bonds is 8. The van der Waals surface area contributed by atoms with Gasteiger partial charge in [0, 0.05) is 16.8 Å². The zero-order chi connectivity index (χ0) is 25.4. The standard InChI is InChI=1S/C28H31N3O4/c1-5-19(3)24-11-6-7-12-25(24)35-20(4)26(32)30-31-28(34)21-13-15-23(16-14-21)29-27(33)22-10-8-9-18(2)17-22/h6-17,19-20H,5H2,1-4H3,(H,29,33)(H,30,32)(H,31,34). The molecule has 182 valence electrons. The quantitative estimate of drug-likeness (QED) is 0.402. The van der Waals surface area contributed by atoms with Crippen molar-refractivity contribution in [1.82, 2.24) is 10.9 Å². The van der Waals surface area contributed by atoms with E-state index in [0.717, 1.165) is 17.5 Å². The Kier molecular flexibility index (Phi) is 8.62. The first-order chi connectivity index (χ1) is 16.8. The third-order valence-corrected chi connectivity index (χ3v) is 5.72. The summed E-state index contributed by atoms with van der Waals surface area (Å²) in [5.41, 5.74) is 8.27. The smallest absolute Gasteiger partial charge is 0.279 e. The molecule has 0 fully saturated rings. The first-order valence-corrected chi connectivity index (χ1v) is 11.6. The lowest BCUT2D eigenvalue weighted by Crippen LogP contribution is -2.47. The van der Waals surface area contributed by atoms with Gasteiger partial charge in [-0.2, -0.15) is 0 Å². The van der Waals surface area contributed by atoms with Crippen molar-refractivity contribution in [2.24, 2.45) is 0 Å². The molecule has 2 atom stereocenters. The molecule has 2 unspecified atom stereocenters. The van der Waals surface area contributed by atoms with Crippen molar-refractivity contribution in [2.45, 2.75) is 46.1 Å². The van der Waals surface area contributed by atoms with Crippen molar-refractivity contribution >= 4 is 23.4 Å². The highest BCUT2D eigenvalue weighted by atomic mass is 16.5. The van der Waals surface area contributed by atoms with E-state index in [2.05, 4.69) is 30.0 Å². The summed E-state index contributed by atoms with van der Waals surface area (Å²) in [6.07, 6.45) is 0.144. The van der Waals surface area contributed by atoms with Crippen LogP contribution in [0.3, 0.4) is 0 Å². The van der Waals surface area contributed by atoms with Crippen molar-refractivity contribution in [3.05, 3.63) is 95.1 Å². The number of amides is 3. The van der Waals surface area contributed by atoms with Crippen LogP contribution >= 0.6 is 0 Å². The lowest BCUT2D eigenvalue weighted by molar-refractivity contribution is -0.128. The molecule has 3 amide bonds. The van der Waals surface area contributed by atoms with Crippen LogP contribution in [0, 0.1) is 6.92 Å². The predicted molar refractivity (Wildman–Crippen MR) is 136 cm³/mol. The summed E-state index contributed by atoms with van der Waals surface area (Å²) in [6.45, 7) is 7.74. The van der Waals surface area contributed by atoms with Crippen molar-refractivity contribution < 1.29 is 19.1 Å². The number of hydrazine groups is 1. The summed E-state index contributed by atoms with van der Waals surface area (Å²) < 4.78 is 5.86. The molecule has 3 N–H and O–H groups in total. The monoisotopic (exact) mass is 473 g/mol. The molecule has 0 heterocycles. The van der Waals surface area contributed by atoms with Gasteiger partial charge in [-0.25, -0.2) is 0 Å². The Morgan fingerprint density at radius 2 is 1.54 bits per heavy atom. The molecular formula is C28H31N3O4. The van der Waals surface area contributed by atoms with Gasteiger partial charge in [-0.1, -0.05) is 49.7 Å².